The number of anilines is 2. The van der Waals surface area contributed by atoms with Gasteiger partial charge in [0, 0.05) is 21.4 Å². The Morgan fingerprint density at radius 2 is 1.74 bits per heavy atom. The van der Waals surface area contributed by atoms with E-state index in [0.717, 1.165) is 16.2 Å². The van der Waals surface area contributed by atoms with Crippen LogP contribution in [0.2, 0.25) is 0 Å². The summed E-state index contributed by atoms with van der Waals surface area (Å²) in [7, 11) is 1.55. The minimum atomic E-state index is -0.721. The monoisotopic (exact) mass is 563 g/mol. The zero-order valence-electron chi connectivity index (χ0n) is 20.0. The number of ether oxygens (including phenoxy) is 1. The van der Waals surface area contributed by atoms with Crippen LogP contribution in [0.5, 0.6) is 5.75 Å². The number of methoxy groups -OCH3 is 1. The Morgan fingerprint density at radius 1 is 0.974 bits per heavy atom. The van der Waals surface area contributed by atoms with E-state index in [-0.39, 0.29) is 29.1 Å². The molecule has 0 bridgehead atoms. The average Bonchev–Trinajstić information content (AvgIpc) is 3.62. The number of rotatable bonds is 6. The third kappa shape index (κ3) is 4.16. The van der Waals surface area contributed by atoms with Gasteiger partial charge in [0.2, 0.25) is 17.7 Å². The van der Waals surface area contributed by atoms with Crippen LogP contribution >= 0.6 is 34.4 Å². The number of imide groups is 1. The second-order valence-corrected chi connectivity index (χ2v) is 11.9. The van der Waals surface area contributed by atoms with Crippen molar-refractivity contribution in [1.29, 1.82) is 0 Å². The number of carbonyl (C=O) groups excluding carboxylic acids is 3. The molecular formula is C27H21N3O5S3. The van der Waals surface area contributed by atoms with Crippen molar-refractivity contribution in [3.05, 3.63) is 91.5 Å². The Labute approximate surface area is 229 Å². The number of thiophene rings is 1. The van der Waals surface area contributed by atoms with Gasteiger partial charge in [-0.3, -0.25) is 23.7 Å². The molecule has 0 spiro atoms. The van der Waals surface area contributed by atoms with Crippen LogP contribution in [-0.2, 0) is 20.9 Å². The van der Waals surface area contributed by atoms with Crippen molar-refractivity contribution in [3.63, 3.8) is 0 Å². The summed E-state index contributed by atoms with van der Waals surface area (Å²) in [6.07, 6.45) is 0. The lowest BCUT2D eigenvalue weighted by atomic mass is 9.87. The topological polar surface area (TPSA) is 97.7 Å². The zero-order valence-corrected chi connectivity index (χ0v) is 22.5. The fourth-order valence-electron chi connectivity index (χ4n) is 4.88. The van der Waals surface area contributed by atoms with Crippen LogP contribution in [0.15, 0.2) is 81.9 Å². The molecule has 11 heteroatoms. The quantitative estimate of drug-likeness (QED) is 0.349. The third-order valence-electron chi connectivity index (χ3n) is 6.59. The number of fused-ring (bicyclic) bond motifs is 2. The summed E-state index contributed by atoms with van der Waals surface area (Å²) in [5.41, 5.74) is 1.11. The van der Waals surface area contributed by atoms with Gasteiger partial charge >= 0.3 is 4.87 Å². The Morgan fingerprint density at radius 3 is 2.42 bits per heavy atom. The number of hydrogen-bond acceptors (Lipinski definition) is 8. The van der Waals surface area contributed by atoms with E-state index < -0.39 is 17.1 Å². The van der Waals surface area contributed by atoms with E-state index >= 15 is 0 Å². The van der Waals surface area contributed by atoms with Crippen LogP contribution in [0.4, 0.5) is 11.4 Å². The summed E-state index contributed by atoms with van der Waals surface area (Å²) < 4.78 is 6.64. The molecule has 38 heavy (non-hydrogen) atoms. The van der Waals surface area contributed by atoms with Crippen molar-refractivity contribution < 1.29 is 19.1 Å². The van der Waals surface area contributed by atoms with Crippen molar-refractivity contribution in [2.75, 3.05) is 17.3 Å². The van der Waals surface area contributed by atoms with Gasteiger partial charge in [-0.2, -0.15) is 0 Å². The van der Waals surface area contributed by atoms with E-state index in [2.05, 4.69) is 5.32 Å². The number of nitrogens with zero attached hydrogens (tertiary/aromatic N) is 2. The van der Waals surface area contributed by atoms with Crippen LogP contribution in [0, 0.1) is 5.92 Å². The Kier molecular flexibility index (Phi) is 6.42. The number of nitrogens with one attached hydrogen (secondary N) is 1. The third-order valence-corrected chi connectivity index (χ3v) is 10.1. The first-order chi connectivity index (χ1) is 18.5. The highest BCUT2D eigenvalue weighted by Gasteiger charge is 2.57. The zero-order chi connectivity index (χ0) is 26.4. The van der Waals surface area contributed by atoms with Gasteiger partial charge < -0.3 is 10.1 Å². The van der Waals surface area contributed by atoms with E-state index in [0.29, 0.717) is 27.0 Å². The van der Waals surface area contributed by atoms with E-state index in [9.17, 15) is 19.2 Å². The van der Waals surface area contributed by atoms with Gasteiger partial charge in [-0.25, -0.2) is 4.90 Å². The summed E-state index contributed by atoms with van der Waals surface area (Å²) in [5.74, 6) is -1.46. The number of amides is 3. The first-order valence-electron chi connectivity index (χ1n) is 11.8. The molecule has 3 atom stereocenters. The summed E-state index contributed by atoms with van der Waals surface area (Å²) in [4.78, 5) is 56.1. The molecule has 0 radical (unpaired) electrons. The molecule has 0 saturated carbocycles. The highest BCUT2D eigenvalue weighted by atomic mass is 32.2. The number of para-hydroxylation sites is 1. The molecule has 192 valence electrons. The lowest BCUT2D eigenvalue weighted by molar-refractivity contribution is -0.122. The van der Waals surface area contributed by atoms with Gasteiger partial charge in [0.15, 0.2) is 0 Å². The van der Waals surface area contributed by atoms with Crippen molar-refractivity contribution in [3.8, 4) is 5.75 Å². The van der Waals surface area contributed by atoms with Crippen LogP contribution in [0.1, 0.15) is 15.7 Å². The van der Waals surface area contributed by atoms with Crippen molar-refractivity contribution in [2.45, 2.75) is 22.7 Å². The van der Waals surface area contributed by atoms with Gasteiger partial charge in [0.25, 0.3) is 0 Å². The van der Waals surface area contributed by atoms with E-state index in [1.807, 2.05) is 35.7 Å². The van der Waals surface area contributed by atoms with Crippen LogP contribution < -0.4 is 19.8 Å². The molecule has 8 nitrogen and oxygen atoms in total. The minimum absolute atomic E-state index is 0.189. The van der Waals surface area contributed by atoms with Gasteiger partial charge in [-0.05, 0) is 47.8 Å². The van der Waals surface area contributed by atoms with Gasteiger partial charge in [0.05, 0.1) is 23.7 Å². The largest absolute Gasteiger partial charge is 0.497 e. The summed E-state index contributed by atoms with van der Waals surface area (Å²) in [6, 6.07) is 19.6. The fraction of sp³-hybridized carbons (Fsp3) is 0.185. The molecule has 0 aliphatic carbocycles. The molecule has 2 aliphatic heterocycles. The number of carbonyl (C=O) groups is 3. The van der Waals surface area contributed by atoms with Crippen molar-refractivity contribution in [1.82, 2.24) is 4.57 Å². The maximum absolute atomic E-state index is 13.8. The molecule has 1 fully saturated rings. The number of aromatic nitrogens is 1. The number of thioether (sulfide) groups is 1. The molecule has 3 amide bonds. The molecule has 1 N–H and O–H groups in total. The molecule has 2 aliphatic rings. The predicted molar refractivity (Wildman–Crippen MR) is 148 cm³/mol. The molecule has 4 heterocycles. The van der Waals surface area contributed by atoms with E-state index in [1.54, 1.807) is 43.5 Å². The summed E-state index contributed by atoms with van der Waals surface area (Å²) in [5, 5.41) is 4.58. The van der Waals surface area contributed by atoms with Crippen LogP contribution in [-0.4, -0.2) is 34.6 Å². The lowest BCUT2D eigenvalue weighted by Crippen LogP contribution is -2.32. The molecule has 2 aromatic carbocycles. The van der Waals surface area contributed by atoms with E-state index in [1.165, 1.54) is 32.6 Å². The Bertz CT molecular complexity index is 1580. The number of hydrogen-bond donors (Lipinski definition) is 1. The van der Waals surface area contributed by atoms with E-state index in [4.69, 9.17) is 4.74 Å². The molecular weight excluding hydrogens is 543 g/mol. The van der Waals surface area contributed by atoms with Gasteiger partial charge in [-0.15, -0.1) is 11.3 Å². The van der Waals surface area contributed by atoms with Gasteiger partial charge in [0.1, 0.15) is 17.5 Å². The normalized spacial score (nSPS) is 20.2. The smallest absolute Gasteiger partial charge is 0.308 e. The highest BCUT2D eigenvalue weighted by Crippen LogP contribution is 2.54. The van der Waals surface area contributed by atoms with Gasteiger partial charge in [-0.1, -0.05) is 47.4 Å². The summed E-state index contributed by atoms with van der Waals surface area (Å²) >= 11 is 3.73. The second-order valence-electron chi connectivity index (χ2n) is 8.80. The number of benzene rings is 2. The molecule has 2 aromatic heterocycles. The molecule has 1 saturated heterocycles. The van der Waals surface area contributed by atoms with Crippen LogP contribution in [0.25, 0.3) is 0 Å². The Hall–Kier alpha value is -3.67. The van der Waals surface area contributed by atoms with Crippen molar-refractivity contribution >= 4 is 63.5 Å². The first kappa shape index (κ1) is 24.7. The SMILES string of the molecule is COc1ccc(N2C(=O)C3Sc4c(sc(=O)n4CC(=O)Nc4ccccc4)C(c4cccs4)C3C2=O)cc1. The van der Waals surface area contributed by atoms with Crippen LogP contribution in [0.3, 0.4) is 0 Å². The molecule has 6 rings (SSSR count). The average molecular weight is 564 g/mol. The number of thiazole rings is 1. The molecule has 4 aromatic rings. The first-order valence-corrected chi connectivity index (χ1v) is 14.3. The second kappa shape index (κ2) is 9.90. The van der Waals surface area contributed by atoms with Crippen molar-refractivity contribution in [2.24, 2.45) is 5.92 Å². The highest BCUT2D eigenvalue weighted by molar-refractivity contribution is 8.00. The maximum atomic E-state index is 13.8. The predicted octanol–water partition coefficient (Wildman–Crippen LogP) is 4.41. The standard InChI is InChI=1S/C27H21N3O5S3/c1-35-17-11-9-16(10-12-17)30-24(32)21-20(18-8-5-13-36-18)23-26(37-22(21)25(30)33)29(27(34)38-23)14-19(31)28-15-6-3-2-4-7-15/h2-13,20-22H,14H2,1H3,(H,28,31). The maximum Gasteiger partial charge on any atom is 0.308 e. The Balaban J connectivity index is 1.38. The molecule has 3 unspecified atom stereocenters. The minimum Gasteiger partial charge on any atom is -0.497 e. The lowest BCUT2D eigenvalue weighted by Gasteiger charge is -2.29. The summed E-state index contributed by atoms with van der Waals surface area (Å²) in [6.45, 7) is -0.189. The fourth-order valence-corrected chi connectivity index (χ4v) is 8.60.